The number of aliphatic hydroxyl groups excluding tert-OH is 1. The molecule has 18 heavy (non-hydrogen) atoms. The van der Waals surface area contributed by atoms with Gasteiger partial charge in [-0.15, -0.1) is 0 Å². The fraction of sp³-hybridized carbons (Fsp3) is 0.500. The molecule has 1 fully saturated rings. The molecular formula is C12H15N3O3. The van der Waals surface area contributed by atoms with Crippen LogP contribution in [0.25, 0.3) is 11.0 Å². The summed E-state index contributed by atoms with van der Waals surface area (Å²) in [5.41, 5.74) is 0.797. The van der Waals surface area contributed by atoms with Crippen molar-refractivity contribution in [1.29, 1.82) is 0 Å². The Balaban J connectivity index is 1.98. The van der Waals surface area contributed by atoms with E-state index in [1.165, 1.54) is 6.33 Å². The highest BCUT2D eigenvalue weighted by Crippen LogP contribution is 2.32. The van der Waals surface area contributed by atoms with Crippen molar-refractivity contribution in [3.63, 3.8) is 0 Å². The van der Waals surface area contributed by atoms with Gasteiger partial charge < -0.3 is 19.1 Å². The summed E-state index contributed by atoms with van der Waals surface area (Å²) in [5, 5.41) is 9.97. The molecule has 3 rings (SSSR count). The van der Waals surface area contributed by atoms with Crippen molar-refractivity contribution in [2.45, 2.75) is 25.2 Å². The molecule has 96 valence electrons. The van der Waals surface area contributed by atoms with Crippen LogP contribution in [0.5, 0.6) is 5.88 Å². The van der Waals surface area contributed by atoms with Crippen molar-refractivity contribution in [3.05, 3.63) is 18.6 Å². The number of ether oxygens (including phenoxy) is 2. The molecule has 0 aliphatic carbocycles. The average Bonchev–Trinajstić information content (AvgIpc) is 3.03. The summed E-state index contributed by atoms with van der Waals surface area (Å²) in [5.74, 6) is 0.565. The minimum atomic E-state index is -0.0730. The Labute approximate surface area is 104 Å². The number of hydrogen-bond donors (Lipinski definition) is 1. The number of aromatic nitrogens is 3. The number of methoxy groups -OCH3 is 1. The van der Waals surface area contributed by atoms with Gasteiger partial charge >= 0.3 is 0 Å². The lowest BCUT2D eigenvalue weighted by molar-refractivity contribution is -0.0204. The van der Waals surface area contributed by atoms with E-state index in [0.29, 0.717) is 5.88 Å². The van der Waals surface area contributed by atoms with E-state index in [-0.39, 0.29) is 18.9 Å². The van der Waals surface area contributed by atoms with E-state index in [0.717, 1.165) is 23.9 Å². The van der Waals surface area contributed by atoms with Crippen LogP contribution in [0.2, 0.25) is 0 Å². The maximum atomic E-state index is 9.10. The van der Waals surface area contributed by atoms with Crippen molar-refractivity contribution in [3.8, 4) is 5.88 Å². The van der Waals surface area contributed by atoms with Crippen LogP contribution < -0.4 is 4.74 Å². The van der Waals surface area contributed by atoms with Gasteiger partial charge in [-0.25, -0.2) is 9.97 Å². The molecule has 1 N–H and O–H groups in total. The van der Waals surface area contributed by atoms with Crippen LogP contribution in [0.1, 0.15) is 19.1 Å². The third kappa shape index (κ3) is 1.74. The molecule has 1 saturated heterocycles. The van der Waals surface area contributed by atoms with Gasteiger partial charge in [0.05, 0.1) is 25.2 Å². The number of aliphatic hydroxyl groups is 1. The number of nitrogens with zero attached hydrogens (tertiary/aromatic N) is 3. The highest BCUT2D eigenvalue weighted by molar-refractivity contribution is 5.81. The van der Waals surface area contributed by atoms with E-state index < -0.39 is 0 Å². The predicted octanol–water partition coefficient (Wildman–Crippen LogP) is 1.11. The summed E-state index contributed by atoms with van der Waals surface area (Å²) in [7, 11) is 1.59. The zero-order chi connectivity index (χ0) is 12.5. The Hall–Kier alpha value is -1.66. The smallest absolute Gasteiger partial charge is 0.225 e. The van der Waals surface area contributed by atoms with Crippen LogP contribution in [-0.4, -0.2) is 39.5 Å². The lowest BCUT2D eigenvalue weighted by Gasteiger charge is -2.14. The van der Waals surface area contributed by atoms with Gasteiger partial charge in [0.2, 0.25) is 5.88 Å². The van der Waals surface area contributed by atoms with Crippen molar-refractivity contribution < 1.29 is 14.6 Å². The number of fused-ring (bicyclic) bond motifs is 1. The highest BCUT2D eigenvalue weighted by atomic mass is 16.5. The molecule has 0 spiro atoms. The minimum absolute atomic E-state index is 0.0635. The summed E-state index contributed by atoms with van der Waals surface area (Å²) in [6.07, 6.45) is 5.00. The molecular weight excluding hydrogens is 234 g/mol. The third-order valence-corrected chi connectivity index (χ3v) is 3.27. The first-order chi connectivity index (χ1) is 8.83. The fourth-order valence-electron chi connectivity index (χ4n) is 2.37. The van der Waals surface area contributed by atoms with Gasteiger partial charge in [-0.2, -0.15) is 0 Å². The largest absolute Gasteiger partial charge is 0.480 e. The first-order valence-corrected chi connectivity index (χ1v) is 5.95. The number of hydrogen-bond acceptors (Lipinski definition) is 5. The number of rotatable bonds is 3. The average molecular weight is 249 g/mol. The topological polar surface area (TPSA) is 69.4 Å². The fourth-order valence-corrected chi connectivity index (χ4v) is 2.37. The Bertz CT molecular complexity index is 554. The van der Waals surface area contributed by atoms with E-state index in [4.69, 9.17) is 14.6 Å². The van der Waals surface area contributed by atoms with Gasteiger partial charge in [-0.1, -0.05) is 0 Å². The molecule has 2 unspecified atom stereocenters. The Morgan fingerprint density at radius 3 is 3.11 bits per heavy atom. The molecule has 0 amide bonds. The van der Waals surface area contributed by atoms with E-state index in [9.17, 15) is 0 Å². The molecule has 3 heterocycles. The molecule has 6 heteroatoms. The maximum Gasteiger partial charge on any atom is 0.225 e. The van der Waals surface area contributed by atoms with Crippen molar-refractivity contribution in [2.75, 3.05) is 13.7 Å². The van der Waals surface area contributed by atoms with Crippen LogP contribution in [-0.2, 0) is 4.74 Å². The molecule has 6 nitrogen and oxygen atoms in total. The predicted molar refractivity (Wildman–Crippen MR) is 64.3 cm³/mol. The lowest BCUT2D eigenvalue weighted by Crippen LogP contribution is -2.14. The van der Waals surface area contributed by atoms with E-state index >= 15 is 0 Å². The molecule has 0 aromatic carbocycles. The van der Waals surface area contributed by atoms with Crippen LogP contribution in [0.15, 0.2) is 18.6 Å². The first-order valence-electron chi connectivity index (χ1n) is 5.95. The van der Waals surface area contributed by atoms with Crippen molar-refractivity contribution in [1.82, 2.24) is 14.5 Å². The van der Waals surface area contributed by atoms with Gasteiger partial charge in [-0.3, -0.25) is 0 Å². The molecule has 2 aromatic rings. The van der Waals surface area contributed by atoms with Gasteiger partial charge in [-0.05, 0) is 18.9 Å². The Morgan fingerprint density at radius 1 is 1.50 bits per heavy atom. The molecule has 2 atom stereocenters. The zero-order valence-electron chi connectivity index (χ0n) is 10.1. The summed E-state index contributed by atoms with van der Waals surface area (Å²) in [6, 6.07) is 1.92. The Kier molecular flexibility index (Phi) is 2.89. The third-order valence-electron chi connectivity index (χ3n) is 3.27. The standard InChI is InChI=1S/C12H15N3O3/c1-17-12-9-4-5-15(11(9)13-7-14-12)10-3-2-8(6-16)18-10/h4-5,7-8,10,16H,2-3,6H2,1H3. The van der Waals surface area contributed by atoms with Gasteiger partial charge in [0.15, 0.2) is 0 Å². The van der Waals surface area contributed by atoms with Crippen molar-refractivity contribution >= 4 is 11.0 Å². The quantitative estimate of drug-likeness (QED) is 0.882. The molecule has 0 radical (unpaired) electrons. The van der Waals surface area contributed by atoms with Crippen LogP contribution >= 0.6 is 0 Å². The molecule has 0 bridgehead atoms. The highest BCUT2D eigenvalue weighted by Gasteiger charge is 2.27. The normalized spacial score (nSPS) is 23.7. The molecule has 2 aromatic heterocycles. The van der Waals surface area contributed by atoms with Crippen LogP contribution in [0, 0.1) is 0 Å². The summed E-state index contributed by atoms with van der Waals surface area (Å²) >= 11 is 0. The van der Waals surface area contributed by atoms with E-state index in [2.05, 4.69) is 9.97 Å². The SMILES string of the molecule is COc1ncnc2c1ccn2C1CCC(CO)O1. The second kappa shape index (κ2) is 4.55. The van der Waals surface area contributed by atoms with E-state index in [1.807, 2.05) is 16.8 Å². The summed E-state index contributed by atoms with van der Waals surface area (Å²) in [6.45, 7) is 0.0635. The molecule has 0 saturated carbocycles. The maximum absolute atomic E-state index is 9.10. The first kappa shape index (κ1) is 11.4. The monoisotopic (exact) mass is 249 g/mol. The van der Waals surface area contributed by atoms with E-state index in [1.54, 1.807) is 7.11 Å². The summed E-state index contributed by atoms with van der Waals surface area (Å²) in [4.78, 5) is 8.34. The van der Waals surface area contributed by atoms with Crippen LogP contribution in [0.3, 0.4) is 0 Å². The Morgan fingerprint density at radius 2 is 2.39 bits per heavy atom. The van der Waals surface area contributed by atoms with Crippen LogP contribution in [0.4, 0.5) is 0 Å². The molecule has 1 aliphatic heterocycles. The second-order valence-corrected chi connectivity index (χ2v) is 4.32. The summed E-state index contributed by atoms with van der Waals surface area (Å²) < 4.78 is 12.9. The second-order valence-electron chi connectivity index (χ2n) is 4.32. The zero-order valence-corrected chi connectivity index (χ0v) is 10.1. The lowest BCUT2D eigenvalue weighted by atomic mass is 10.2. The van der Waals surface area contributed by atoms with Gasteiger partial charge in [0, 0.05) is 6.20 Å². The van der Waals surface area contributed by atoms with Gasteiger partial charge in [0.25, 0.3) is 0 Å². The van der Waals surface area contributed by atoms with Crippen molar-refractivity contribution in [2.24, 2.45) is 0 Å². The van der Waals surface area contributed by atoms with Gasteiger partial charge in [0.1, 0.15) is 18.2 Å². The molecule has 1 aliphatic rings. The minimum Gasteiger partial charge on any atom is -0.480 e.